The maximum atomic E-state index is 5.90. The van der Waals surface area contributed by atoms with Crippen molar-refractivity contribution in [1.82, 2.24) is 9.29 Å². The molecule has 2 fully saturated rings. The molecule has 154 valence electrons. The van der Waals surface area contributed by atoms with Crippen molar-refractivity contribution < 1.29 is 4.74 Å². The van der Waals surface area contributed by atoms with Gasteiger partial charge in [0.2, 0.25) is 0 Å². The van der Waals surface area contributed by atoms with E-state index in [9.17, 15) is 0 Å². The fraction of sp³-hybridized carbons (Fsp3) is 0.696. The number of benzene rings is 1. The van der Waals surface area contributed by atoms with Crippen molar-refractivity contribution in [3.63, 3.8) is 0 Å². The first-order valence-corrected chi connectivity index (χ1v) is 12.9. The summed E-state index contributed by atoms with van der Waals surface area (Å²) in [6.45, 7) is 3.00. The first-order valence-electron chi connectivity index (χ1n) is 11.3. The van der Waals surface area contributed by atoms with Gasteiger partial charge in [-0.15, -0.1) is 11.3 Å². The van der Waals surface area contributed by atoms with E-state index in [1.807, 2.05) is 23.3 Å². The lowest BCUT2D eigenvalue weighted by Gasteiger charge is -2.40. The van der Waals surface area contributed by atoms with Gasteiger partial charge in [0.15, 0.2) is 4.34 Å². The van der Waals surface area contributed by atoms with Crippen molar-refractivity contribution in [3.8, 4) is 5.75 Å². The minimum atomic E-state index is 0.738. The van der Waals surface area contributed by atoms with E-state index in [-0.39, 0.29) is 0 Å². The molecule has 0 radical (unpaired) electrons. The fourth-order valence-electron chi connectivity index (χ4n) is 4.56. The van der Waals surface area contributed by atoms with Gasteiger partial charge in [-0.3, -0.25) is 0 Å². The number of thiazole rings is 1. The van der Waals surface area contributed by atoms with Crippen molar-refractivity contribution in [1.29, 1.82) is 0 Å². The minimum absolute atomic E-state index is 0.738. The van der Waals surface area contributed by atoms with Crippen LogP contribution in [0.15, 0.2) is 22.5 Å². The number of unbranched alkanes of at least 4 members (excludes halogenated alkanes) is 1. The molecule has 1 aromatic carbocycles. The van der Waals surface area contributed by atoms with E-state index in [1.165, 1.54) is 79.7 Å². The Kier molecular flexibility index (Phi) is 7.54. The Morgan fingerprint density at radius 2 is 1.71 bits per heavy atom. The number of hydrogen-bond donors (Lipinski definition) is 0. The molecule has 0 spiro atoms. The van der Waals surface area contributed by atoms with Crippen LogP contribution in [0.5, 0.6) is 5.75 Å². The van der Waals surface area contributed by atoms with Crippen LogP contribution in [0.25, 0.3) is 10.2 Å². The summed E-state index contributed by atoms with van der Waals surface area (Å²) in [5.41, 5.74) is 1.11. The summed E-state index contributed by atoms with van der Waals surface area (Å²) in [5, 5.41) is 0. The highest BCUT2D eigenvalue weighted by molar-refractivity contribution is 7.99. The second-order valence-corrected chi connectivity index (χ2v) is 10.6. The minimum Gasteiger partial charge on any atom is -0.494 e. The molecule has 2 saturated carbocycles. The molecule has 4 rings (SSSR count). The zero-order valence-corrected chi connectivity index (χ0v) is 18.8. The average Bonchev–Trinajstić information content (AvgIpc) is 3.15. The molecule has 0 N–H and O–H groups in total. The quantitative estimate of drug-likeness (QED) is 0.328. The Bertz CT molecular complexity index is 717. The first kappa shape index (κ1) is 20.5. The molecule has 0 atom stereocenters. The van der Waals surface area contributed by atoms with Gasteiger partial charge in [0.25, 0.3) is 0 Å². The third-order valence-corrected chi connectivity index (χ3v) is 8.50. The van der Waals surface area contributed by atoms with Gasteiger partial charge >= 0.3 is 0 Å². The third-order valence-electron chi connectivity index (χ3n) is 6.16. The summed E-state index contributed by atoms with van der Waals surface area (Å²) in [4.78, 5) is 4.96. The van der Waals surface area contributed by atoms with E-state index >= 15 is 0 Å². The molecule has 0 aliphatic heterocycles. The van der Waals surface area contributed by atoms with Crippen LogP contribution < -0.4 is 4.74 Å². The highest BCUT2D eigenvalue weighted by atomic mass is 32.2. The molecule has 28 heavy (non-hydrogen) atoms. The van der Waals surface area contributed by atoms with E-state index in [2.05, 4.69) is 29.4 Å². The van der Waals surface area contributed by atoms with Crippen LogP contribution in [0.4, 0.5) is 0 Å². The van der Waals surface area contributed by atoms with Gasteiger partial charge < -0.3 is 4.74 Å². The van der Waals surface area contributed by atoms with Crippen molar-refractivity contribution in [2.24, 2.45) is 0 Å². The van der Waals surface area contributed by atoms with E-state index in [0.29, 0.717) is 0 Å². The lowest BCUT2D eigenvalue weighted by atomic mass is 9.91. The summed E-state index contributed by atoms with van der Waals surface area (Å²) < 4.78 is 11.1. The Hall–Kier alpha value is -0.780. The smallest absolute Gasteiger partial charge is 0.166 e. The highest BCUT2D eigenvalue weighted by Gasteiger charge is 2.30. The van der Waals surface area contributed by atoms with Crippen LogP contribution in [0.2, 0.25) is 0 Å². The molecular weight excluding hydrogens is 384 g/mol. The molecular formula is C23H34N2OS2. The lowest BCUT2D eigenvalue weighted by molar-refractivity contribution is 0.185. The molecule has 2 aliphatic carbocycles. The number of hydrogen-bond acceptors (Lipinski definition) is 5. The van der Waals surface area contributed by atoms with E-state index < -0.39 is 0 Å². The van der Waals surface area contributed by atoms with Crippen LogP contribution in [0.1, 0.15) is 84.0 Å². The van der Waals surface area contributed by atoms with E-state index in [4.69, 9.17) is 9.72 Å². The predicted octanol–water partition coefficient (Wildman–Crippen LogP) is 7.45. The zero-order valence-electron chi connectivity index (χ0n) is 17.2. The van der Waals surface area contributed by atoms with Crippen LogP contribution >= 0.6 is 23.3 Å². The molecule has 2 aromatic rings. The van der Waals surface area contributed by atoms with Gasteiger partial charge in [0, 0.05) is 12.1 Å². The number of aromatic nitrogens is 1. The second kappa shape index (κ2) is 10.3. The van der Waals surface area contributed by atoms with E-state index in [0.717, 1.165) is 36.4 Å². The van der Waals surface area contributed by atoms with Crippen LogP contribution in [0.3, 0.4) is 0 Å². The lowest BCUT2D eigenvalue weighted by Crippen LogP contribution is -2.40. The Balaban J connectivity index is 1.49. The zero-order chi connectivity index (χ0) is 19.2. The maximum absolute atomic E-state index is 5.90. The van der Waals surface area contributed by atoms with Gasteiger partial charge in [-0.1, -0.05) is 51.9 Å². The standard InChI is InChI=1S/C23H34N2OS2/c1-2-3-16-26-20-14-15-21-22(17-20)27-23(24-21)28-25(18-10-6-4-7-11-18)19-12-8-5-9-13-19/h14-15,17-19H,2-13,16H2,1H3. The maximum Gasteiger partial charge on any atom is 0.166 e. The molecule has 2 aliphatic rings. The number of ether oxygens (including phenoxy) is 1. The van der Waals surface area contributed by atoms with Crippen LogP contribution in [0, 0.1) is 0 Å². The Morgan fingerprint density at radius 1 is 1.04 bits per heavy atom. The Labute approximate surface area is 178 Å². The Morgan fingerprint density at radius 3 is 2.36 bits per heavy atom. The van der Waals surface area contributed by atoms with Gasteiger partial charge in [-0.2, -0.15) is 0 Å². The highest BCUT2D eigenvalue weighted by Crippen LogP contribution is 2.40. The molecule has 0 saturated heterocycles. The molecule has 0 unspecified atom stereocenters. The third kappa shape index (κ3) is 5.22. The van der Waals surface area contributed by atoms with Gasteiger partial charge in [-0.25, -0.2) is 9.29 Å². The summed E-state index contributed by atoms with van der Waals surface area (Å²) >= 11 is 3.79. The molecule has 1 heterocycles. The van der Waals surface area contributed by atoms with Crippen LogP contribution in [-0.2, 0) is 0 Å². The summed E-state index contributed by atoms with van der Waals surface area (Å²) in [5.74, 6) is 0.984. The average molecular weight is 419 g/mol. The number of rotatable bonds is 8. The van der Waals surface area contributed by atoms with Crippen molar-refractivity contribution >= 4 is 33.5 Å². The molecule has 3 nitrogen and oxygen atoms in total. The van der Waals surface area contributed by atoms with Crippen molar-refractivity contribution in [2.75, 3.05) is 6.61 Å². The van der Waals surface area contributed by atoms with Gasteiger partial charge in [-0.05, 0) is 62.3 Å². The predicted molar refractivity (Wildman–Crippen MR) is 121 cm³/mol. The molecule has 1 aromatic heterocycles. The van der Waals surface area contributed by atoms with Crippen molar-refractivity contribution in [2.45, 2.75) is 100 Å². The normalized spacial score (nSPS) is 19.5. The van der Waals surface area contributed by atoms with Gasteiger partial charge in [0.05, 0.1) is 16.8 Å². The van der Waals surface area contributed by atoms with Crippen LogP contribution in [-0.4, -0.2) is 28.0 Å². The molecule has 5 heteroatoms. The van der Waals surface area contributed by atoms with E-state index in [1.54, 1.807) is 0 Å². The fourth-order valence-corrected chi connectivity index (χ4v) is 7.00. The summed E-state index contributed by atoms with van der Waals surface area (Å²) in [6, 6.07) is 7.86. The van der Waals surface area contributed by atoms with Crippen molar-refractivity contribution in [3.05, 3.63) is 18.2 Å². The topological polar surface area (TPSA) is 25.4 Å². The SMILES string of the molecule is CCCCOc1ccc2nc(SN(C3CCCCC3)C3CCCCC3)sc2c1. The van der Waals surface area contributed by atoms with Gasteiger partial charge in [0.1, 0.15) is 5.75 Å². The second-order valence-electron chi connectivity index (χ2n) is 8.35. The first-order chi connectivity index (χ1) is 13.8. The summed E-state index contributed by atoms with van der Waals surface area (Å²) in [7, 11) is 0. The number of nitrogens with zero attached hydrogens (tertiary/aromatic N) is 2. The summed E-state index contributed by atoms with van der Waals surface area (Å²) in [6.07, 6.45) is 16.2. The molecule has 0 amide bonds. The largest absolute Gasteiger partial charge is 0.494 e. The monoisotopic (exact) mass is 418 g/mol. The number of fused-ring (bicyclic) bond motifs is 1. The molecule has 0 bridgehead atoms.